The van der Waals surface area contributed by atoms with E-state index in [1.54, 1.807) is 0 Å². The Labute approximate surface area is 110 Å². The molecule has 0 bridgehead atoms. The second-order valence-electron chi connectivity index (χ2n) is 5.09. The van der Waals surface area contributed by atoms with Gasteiger partial charge in [-0.3, -0.25) is 4.98 Å². The topological polar surface area (TPSA) is 34.1 Å². The minimum atomic E-state index is 0.827. The van der Waals surface area contributed by atoms with Crippen molar-refractivity contribution in [1.82, 2.24) is 10.3 Å². The smallest absolute Gasteiger partial charge is 0.122 e. The molecule has 0 aliphatic heterocycles. The lowest BCUT2D eigenvalue weighted by Crippen LogP contribution is -2.15. The molecule has 0 amide bonds. The number of nitrogens with zero attached hydrogens (tertiary/aromatic N) is 1. The molecular formula is C15H24N2O. The fourth-order valence-corrected chi connectivity index (χ4v) is 2.16. The summed E-state index contributed by atoms with van der Waals surface area (Å²) < 4.78 is 5.79. The number of hydrogen-bond acceptors (Lipinski definition) is 3. The predicted molar refractivity (Wildman–Crippen MR) is 73.7 cm³/mol. The number of hydrogen-bond donors (Lipinski definition) is 1. The van der Waals surface area contributed by atoms with Gasteiger partial charge in [0, 0.05) is 18.8 Å². The van der Waals surface area contributed by atoms with E-state index in [1.807, 2.05) is 18.3 Å². The highest BCUT2D eigenvalue weighted by molar-refractivity contribution is 5.22. The van der Waals surface area contributed by atoms with Gasteiger partial charge in [-0.05, 0) is 31.4 Å². The summed E-state index contributed by atoms with van der Waals surface area (Å²) in [6.07, 6.45) is 8.38. The van der Waals surface area contributed by atoms with Crippen molar-refractivity contribution in [3.05, 3.63) is 24.0 Å². The highest BCUT2D eigenvalue weighted by Gasteiger charge is 2.16. The van der Waals surface area contributed by atoms with Gasteiger partial charge in [0.05, 0.1) is 12.3 Å². The van der Waals surface area contributed by atoms with Crippen LogP contribution in [0.5, 0.6) is 5.75 Å². The lowest BCUT2D eigenvalue weighted by molar-refractivity contribution is 0.222. The van der Waals surface area contributed by atoms with E-state index in [0.29, 0.717) is 0 Å². The quantitative estimate of drug-likeness (QED) is 0.718. The molecule has 0 unspecified atom stereocenters. The van der Waals surface area contributed by atoms with Crippen molar-refractivity contribution < 1.29 is 4.74 Å². The molecule has 3 nitrogen and oxygen atoms in total. The molecule has 1 saturated carbocycles. The minimum absolute atomic E-state index is 0.827. The van der Waals surface area contributed by atoms with Crippen LogP contribution in [0.15, 0.2) is 18.3 Å². The third-order valence-electron chi connectivity index (χ3n) is 3.54. The van der Waals surface area contributed by atoms with Crippen molar-refractivity contribution in [3.8, 4) is 5.75 Å². The Morgan fingerprint density at radius 1 is 1.44 bits per heavy atom. The van der Waals surface area contributed by atoms with Crippen LogP contribution in [-0.4, -0.2) is 18.1 Å². The van der Waals surface area contributed by atoms with E-state index in [1.165, 1.54) is 25.7 Å². The maximum Gasteiger partial charge on any atom is 0.122 e. The number of rotatable bonds is 8. The van der Waals surface area contributed by atoms with Crippen LogP contribution >= 0.6 is 0 Å². The molecule has 1 aliphatic rings. The fourth-order valence-electron chi connectivity index (χ4n) is 2.16. The van der Waals surface area contributed by atoms with Gasteiger partial charge >= 0.3 is 0 Å². The van der Waals surface area contributed by atoms with Crippen molar-refractivity contribution in [2.45, 2.75) is 45.6 Å². The average molecular weight is 248 g/mol. The summed E-state index contributed by atoms with van der Waals surface area (Å²) in [5, 5.41) is 3.35. The molecule has 100 valence electrons. The van der Waals surface area contributed by atoms with Gasteiger partial charge in [0.25, 0.3) is 0 Å². The maximum atomic E-state index is 5.79. The zero-order valence-corrected chi connectivity index (χ0v) is 11.3. The molecule has 18 heavy (non-hydrogen) atoms. The summed E-state index contributed by atoms with van der Waals surface area (Å²) in [6.45, 7) is 4.87. The normalized spacial score (nSPS) is 15.4. The first kappa shape index (κ1) is 13.3. The molecule has 0 aromatic carbocycles. The Morgan fingerprint density at radius 2 is 2.33 bits per heavy atom. The molecular weight excluding hydrogens is 224 g/mol. The highest BCUT2D eigenvalue weighted by atomic mass is 16.5. The van der Waals surface area contributed by atoms with Crippen LogP contribution in [-0.2, 0) is 6.54 Å². The molecule has 1 aromatic rings. The Balaban J connectivity index is 1.71. The summed E-state index contributed by atoms with van der Waals surface area (Å²) in [4.78, 5) is 4.34. The van der Waals surface area contributed by atoms with Crippen molar-refractivity contribution in [2.75, 3.05) is 13.2 Å². The van der Waals surface area contributed by atoms with Crippen LogP contribution in [0.1, 0.15) is 44.7 Å². The Bertz CT molecular complexity index is 350. The summed E-state index contributed by atoms with van der Waals surface area (Å²) in [5.74, 6) is 1.87. The number of aromatic nitrogens is 1. The van der Waals surface area contributed by atoms with Gasteiger partial charge in [0.2, 0.25) is 0 Å². The third kappa shape index (κ3) is 4.30. The molecule has 0 atom stereocenters. The summed E-state index contributed by atoms with van der Waals surface area (Å²) in [5.41, 5.74) is 1.06. The van der Waals surface area contributed by atoms with Gasteiger partial charge in [0.15, 0.2) is 0 Å². The summed E-state index contributed by atoms with van der Waals surface area (Å²) >= 11 is 0. The number of pyridine rings is 1. The number of ether oxygens (including phenoxy) is 1. The lowest BCUT2D eigenvalue weighted by Gasteiger charge is -2.24. The van der Waals surface area contributed by atoms with Gasteiger partial charge < -0.3 is 10.1 Å². The highest BCUT2D eigenvalue weighted by Crippen LogP contribution is 2.29. The largest absolute Gasteiger partial charge is 0.493 e. The van der Waals surface area contributed by atoms with Crippen molar-refractivity contribution in [3.63, 3.8) is 0 Å². The monoisotopic (exact) mass is 248 g/mol. The first-order valence-electron chi connectivity index (χ1n) is 7.17. The SMILES string of the molecule is CCCNCc1cc(OCCC2CCC2)ccn1. The third-order valence-corrected chi connectivity index (χ3v) is 3.54. The van der Waals surface area contributed by atoms with E-state index in [4.69, 9.17) is 4.74 Å². The summed E-state index contributed by atoms with van der Waals surface area (Å²) in [6, 6.07) is 3.99. The first-order valence-corrected chi connectivity index (χ1v) is 7.17. The second-order valence-corrected chi connectivity index (χ2v) is 5.09. The molecule has 0 saturated heterocycles. The Hall–Kier alpha value is -1.09. The average Bonchev–Trinajstić information content (AvgIpc) is 2.33. The van der Waals surface area contributed by atoms with E-state index in [-0.39, 0.29) is 0 Å². The first-order chi connectivity index (χ1) is 8.88. The van der Waals surface area contributed by atoms with Crippen molar-refractivity contribution in [1.29, 1.82) is 0 Å². The molecule has 1 aliphatic carbocycles. The van der Waals surface area contributed by atoms with Crippen LogP contribution in [0.2, 0.25) is 0 Å². The second kappa shape index (κ2) is 7.37. The number of nitrogens with one attached hydrogen (secondary N) is 1. The Kier molecular flexibility index (Phi) is 5.46. The van der Waals surface area contributed by atoms with Gasteiger partial charge in [-0.2, -0.15) is 0 Å². The van der Waals surface area contributed by atoms with E-state index in [2.05, 4.69) is 17.2 Å². The van der Waals surface area contributed by atoms with E-state index in [9.17, 15) is 0 Å². The summed E-state index contributed by atoms with van der Waals surface area (Å²) in [7, 11) is 0. The van der Waals surface area contributed by atoms with Crippen LogP contribution in [0.25, 0.3) is 0 Å². The molecule has 1 N–H and O–H groups in total. The molecule has 1 fully saturated rings. The van der Waals surface area contributed by atoms with Crippen LogP contribution in [0.4, 0.5) is 0 Å². The van der Waals surface area contributed by atoms with Gasteiger partial charge in [-0.25, -0.2) is 0 Å². The van der Waals surface area contributed by atoms with E-state index >= 15 is 0 Å². The molecule has 0 radical (unpaired) electrons. The maximum absolute atomic E-state index is 5.79. The fraction of sp³-hybridized carbons (Fsp3) is 0.667. The van der Waals surface area contributed by atoms with Gasteiger partial charge in [-0.1, -0.05) is 26.2 Å². The minimum Gasteiger partial charge on any atom is -0.493 e. The molecule has 1 heterocycles. The van der Waals surface area contributed by atoms with E-state index < -0.39 is 0 Å². The van der Waals surface area contributed by atoms with Crippen molar-refractivity contribution >= 4 is 0 Å². The molecule has 2 rings (SSSR count). The lowest BCUT2D eigenvalue weighted by atomic mass is 9.83. The van der Waals surface area contributed by atoms with Crippen LogP contribution < -0.4 is 10.1 Å². The van der Waals surface area contributed by atoms with Gasteiger partial charge in [-0.15, -0.1) is 0 Å². The molecule has 0 spiro atoms. The Morgan fingerprint density at radius 3 is 3.06 bits per heavy atom. The zero-order chi connectivity index (χ0) is 12.6. The zero-order valence-electron chi connectivity index (χ0n) is 11.3. The van der Waals surface area contributed by atoms with Crippen LogP contribution in [0, 0.1) is 5.92 Å². The van der Waals surface area contributed by atoms with Crippen LogP contribution in [0.3, 0.4) is 0 Å². The molecule has 3 heteroatoms. The predicted octanol–water partition coefficient (Wildman–Crippen LogP) is 3.15. The van der Waals surface area contributed by atoms with E-state index in [0.717, 1.165) is 43.5 Å². The van der Waals surface area contributed by atoms with Crippen molar-refractivity contribution in [2.24, 2.45) is 5.92 Å². The van der Waals surface area contributed by atoms with Gasteiger partial charge in [0.1, 0.15) is 5.75 Å². The standard InChI is InChI=1S/C15H24N2O/c1-2-8-16-12-14-11-15(6-9-17-14)18-10-7-13-4-3-5-13/h6,9,11,13,16H,2-5,7-8,10,12H2,1H3. The molecule has 1 aromatic heterocycles.